The van der Waals surface area contributed by atoms with E-state index in [1.54, 1.807) is 0 Å². The van der Waals surface area contributed by atoms with E-state index in [0.717, 1.165) is 6.92 Å². The molecule has 30 heavy (non-hydrogen) atoms. The van der Waals surface area contributed by atoms with Gasteiger partial charge in [0.05, 0.1) is 6.10 Å². The Morgan fingerprint density at radius 2 is 1.40 bits per heavy atom. The molecule has 0 aromatic heterocycles. The van der Waals surface area contributed by atoms with Crippen LogP contribution in [0.5, 0.6) is 0 Å². The summed E-state index contributed by atoms with van der Waals surface area (Å²) in [5, 5.41) is 48.9. The van der Waals surface area contributed by atoms with E-state index in [4.69, 9.17) is 44.9 Å². The quantitative estimate of drug-likeness (QED) is 0.0813. The highest BCUT2D eigenvalue weighted by molar-refractivity contribution is 6.76. The second-order valence-corrected chi connectivity index (χ2v) is 8.70. The lowest BCUT2D eigenvalue weighted by atomic mass is 9.63. The number of ether oxygens (including phenoxy) is 1. The van der Waals surface area contributed by atoms with E-state index in [1.165, 1.54) is 0 Å². The van der Waals surface area contributed by atoms with Crippen molar-refractivity contribution >= 4 is 70.1 Å². The maximum atomic E-state index is 12.7. The molecule has 0 bridgehead atoms. The summed E-state index contributed by atoms with van der Waals surface area (Å²) in [4.78, 5) is 61.7. The van der Waals surface area contributed by atoms with Crippen molar-refractivity contribution in [2.24, 2.45) is 0 Å². The summed E-state index contributed by atoms with van der Waals surface area (Å²) in [6.07, 6.45) is -5.06. The van der Waals surface area contributed by atoms with E-state index < -0.39 is 68.1 Å². The van der Waals surface area contributed by atoms with Crippen LogP contribution < -0.4 is 0 Å². The maximum Gasteiger partial charge on any atom is 0.265 e. The molecule has 0 aliphatic rings. The molecule has 0 aromatic carbocycles. The van der Waals surface area contributed by atoms with Gasteiger partial charge in [0.1, 0.15) is 6.10 Å². The van der Waals surface area contributed by atoms with Gasteiger partial charge in [0.25, 0.3) is 9.39 Å². The summed E-state index contributed by atoms with van der Waals surface area (Å²) in [7, 11) is 0. The van der Waals surface area contributed by atoms with Crippen LogP contribution in [-0.4, -0.2) is 88.5 Å². The summed E-state index contributed by atoms with van der Waals surface area (Å²) in [6.45, 7) is 2.36. The lowest BCUT2D eigenvalue weighted by Crippen LogP contribution is -2.81. The van der Waals surface area contributed by atoms with Gasteiger partial charge >= 0.3 is 0 Å². The van der Waals surface area contributed by atoms with E-state index in [0.29, 0.717) is 20.8 Å². The third-order valence-corrected chi connectivity index (χ3v) is 4.89. The Balaban J connectivity index is 7.37. The molecule has 0 rings (SSSR count). The van der Waals surface area contributed by atoms with Crippen molar-refractivity contribution in [3.05, 3.63) is 0 Å². The second-order valence-electron chi connectivity index (χ2n) is 6.42. The molecule has 0 radical (unpaired) electrons. The molecular formula is C16H20Cl3NO10. The SMILES string of the molecule is CC(=O)[C@@](O)(C(=O)C(O)C(C)O)[C@@](O)(C(C)=O)[C@](C=O)(OC(=N)C(Cl)(Cl)Cl)C(C)=O. The summed E-state index contributed by atoms with van der Waals surface area (Å²) in [5.41, 5.74) is -11.7. The molecule has 0 heterocycles. The first-order valence-corrected chi connectivity index (χ1v) is 9.11. The molecule has 0 aliphatic heterocycles. The topological polar surface area (TPSA) is 199 Å². The third-order valence-electron chi connectivity index (χ3n) is 4.37. The van der Waals surface area contributed by atoms with Crippen molar-refractivity contribution in [3.63, 3.8) is 0 Å². The second kappa shape index (κ2) is 9.35. The number of rotatable bonds is 10. The Hall–Kier alpha value is -1.47. The van der Waals surface area contributed by atoms with Crippen LogP contribution in [0.2, 0.25) is 0 Å². The zero-order chi connectivity index (χ0) is 24.5. The normalized spacial score (nSPS) is 19.8. The van der Waals surface area contributed by atoms with Gasteiger partial charge in [0.15, 0.2) is 23.6 Å². The molecule has 14 heteroatoms. The van der Waals surface area contributed by atoms with Crippen molar-refractivity contribution in [2.75, 3.05) is 0 Å². The zero-order valence-electron chi connectivity index (χ0n) is 16.1. The van der Waals surface area contributed by atoms with Crippen molar-refractivity contribution in [3.8, 4) is 0 Å². The van der Waals surface area contributed by atoms with E-state index in [2.05, 4.69) is 0 Å². The van der Waals surface area contributed by atoms with Crippen molar-refractivity contribution in [2.45, 2.75) is 60.5 Å². The minimum absolute atomic E-state index is 0.472. The number of aldehydes is 1. The van der Waals surface area contributed by atoms with Gasteiger partial charge in [-0.1, -0.05) is 34.8 Å². The van der Waals surface area contributed by atoms with Gasteiger partial charge < -0.3 is 25.2 Å². The molecule has 11 nitrogen and oxygen atoms in total. The predicted molar refractivity (Wildman–Crippen MR) is 103 cm³/mol. The Morgan fingerprint density at radius 1 is 0.967 bits per heavy atom. The van der Waals surface area contributed by atoms with E-state index in [-0.39, 0.29) is 0 Å². The summed E-state index contributed by atoms with van der Waals surface area (Å²) >= 11 is 16.3. The molecule has 170 valence electrons. The first-order valence-electron chi connectivity index (χ1n) is 7.98. The summed E-state index contributed by atoms with van der Waals surface area (Å²) in [6, 6.07) is 0. The van der Waals surface area contributed by atoms with Crippen LogP contribution in [0.15, 0.2) is 0 Å². The lowest BCUT2D eigenvalue weighted by Gasteiger charge is -2.47. The van der Waals surface area contributed by atoms with Crippen LogP contribution in [0.4, 0.5) is 0 Å². The Labute approximate surface area is 185 Å². The highest BCUT2D eigenvalue weighted by Crippen LogP contribution is 2.41. The minimum atomic E-state index is -4.06. The molecule has 0 saturated carbocycles. The molecular weight excluding hydrogens is 473 g/mol. The highest BCUT2D eigenvalue weighted by atomic mass is 35.6. The molecule has 0 aromatic rings. The number of nitrogens with one attached hydrogen (secondary N) is 1. The van der Waals surface area contributed by atoms with E-state index >= 15 is 0 Å². The number of carbonyl (C=O) groups is 5. The van der Waals surface area contributed by atoms with Gasteiger partial charge in [-0.15, -0.1) is 0 Å². The fourth-order valence-corrected chi connectivity index (χ4v) is 2.75. The molecule has 0 amide bonds. The number of Topliss-reactive ketones (excluding diaryl/α,β-unsaturated/α-hetero) is 4. The fourth-order valence-electron chi connectivity index (χ4n) is 2.64. The lowest BCUT2D eigenvalue weighted by molar-refractivity contribution is -0.221. The van der Waals surface area contributed by atoms with Crippen LogP contribution in [-0.2, 0) is 28.7 Å². The highest BCUT2D eigenvalue weighted by Gasteiger charge is 2.75. The maximum absolute atomic E-state index is 12.7. The van der Waals surface area contributed by atoms with Crippen LogP contribution in [0.25, 0.3) is 0 Å². The largest absolute Gasteiger partial charge is 0.452 e. The number of hydrogen-bond donors (Lipinski definition) is 5. The number of halogens is 3. The Kier molecular flexibility index (Phi) is 8.89. The molecule has 5 atom stereocenters. The number of ketones is 4. The average molecular weight is 493 g/mol. The fraction of sp³-hybridized carbons (Fsp3) is 0.625. The summed E-state index contributed by atoms with van der Waals surface area (Å²) < 4.78 is 1.97. The van der Waals surface area contributed by atoms with Crippen LogP contribution >= 0.6 is 34.8 Å². The first kappa shape index (κ1) is 28.5. The van der Waals surface area contributed by atoms with E-state index in [1.807, 2.05) is 0 Å². The van der Waals surface area contributed by atoms with Gasteiger partial charge in [0, 0.05) is 0 Å². The van der Waals surface area contributed by atoms with Crippen LogP contribution in [0.3, 0.4) is 0 Å². The molecule has 0 spiro atoms. The number of aliphatic hydroxyl groups is 4. The van der Waals surface area contributed by atoms with Crippen molar-refractivity contribution < 1.29 is 49.1 Å². The Bertz CT molecular complexity index is 780. The van der Waals surface area contributed by atoms with Gasteiger partial charge in [-0.3, -0.25) is 29.4 Å². The first-order chi connectivity index (χ1) is 13.3. The number of hydrogen-bond acceptors (Lipinski definition) is 11. The summed E-state index contributed by atoms with van der Waals surface area (Å²) in [5.74, 6) is -8.59. The minimum Gasteiger partial charge on any atom is -0.452 e. The number of aliphatic hydroxyl groups excluding tert-OH is 2. The predicted octanol–water partition coefficient (Wildman–Crippen LogP) is -1.17. The van der Waals surface area contributed by atoms with Crippen molar-refractivity contribution in [1.29, 1.82) is 5.41 Å². The average Bonchev–Trinajstić information content (AvgIpc) is 2.61. The van der Waals surface area contributed by atoms with Crippen molar-refractivity contribution in [1.82, 2.24) is 0 Å². The van der Waals surface area contributed by atoms with Crippen LogP contribution in [0, 0.1) is 5.41 Å². The molecule has 0 fully saturated rings. The van der Waals surface area contributed by atoms with Gasteiger partial charge in [-0.05, 0) is 27.7 Å². The zero-order valence-corrected chi connectivity index (χ0v) is 18.4. The van der Waals surface area contributed by atoms with E-state index in [9.17, 15) is 44.4 Å². The molecule has 2 unspecified atom stereocenters. The standard InChI is InChI=1S/C16H20Cl3NO10/c1-6(22)10(26)11(27)14(28,8(3)24)15(29,9(4)25)13(5-21,7(2)23)30-12(20)16(17,18)19/h5-6,10,20,22,26,28-29H,1-4H3/t6?,10?,13-,14-,15-/m1/s1. The molecule has 0 aliphatic carbocycles. The monoisotopic (exact) mass is 491 g/mol. The van der Waals surface area contributed by atoms with Crippen LogP contribution in [0.1, 0.15) is 27.7 Å². The number of carbonyl (C=O) groups excluding carboxylic acids is 5. The van der Waals surface area contributed by atoms with Gasteiger partial charge in [0.2, 0.25) is 22.9 Å². The third kappa shape index (κ3) is 4.42. The Morgan fingerprint density at radius 3 is 1.63 bits per heavy atom. The molecule has 5 N–H and O–H groups in total. The smallest absolute Gasteiger partial charge is 0.265 e. The number of alkyl halides is 3. The van der Waals surface area contributed by atoms with Gasteiger partial charge in [-0.25, -0.2) is 0 Å². The van der Waals surface area contributed by atoms with Gasteiger partial charge in [-0.2, -0.15) is 0 Å². The molecule has 0 saturated heterocycles.